The lowest BCUT2D eigenvalue weighted by Gasteiger charge is -2.25. The summed E-state index contributed by atoms with van der Waals surface area (Å²) in [6, 6.07) is 7.29. The number of aromatic nitrogens is 2. The molecule has 25 heavy (non-hydrogen) atoms. The maximum atomic E-state index is 13.3. The van der Waals surface area contributed by atoms with Gasteiger partial charge in [-0.15, -0.1) is 0 Å². The molecular weight excluding hydrogens is 336 g/mol. The number of halogens is 4. The van der Waals surface area contributed by atoms with Gasteiger partial charge in [0.15, 0.2) is 0 Å². The molecule has 1 fully saturated rings. The first kappa shape index (κ1) is 17.6. The summed E-state index contributed by atoms with van der Waals surface area (Å²) in [7, 11) is 1.70. The summed E-state index contributed by atoms with van der Waals surface area (Å²) in [6.45, 7) is 2.04. The Morgan fingerprint density at radius 2 is 2.08 bits per heavy atom. The van der Waals surface area contributed by atoms with Gasteiger partial charge in [-0.05, 0) is 30.2 Å². The minimum Gasteiger partial charge on any atom is -0.340 e. The number of likely N-dealkylation sites (tertiary alicyclic amines) is 1. The van der Waals surface area contributed by atoms with Crippen LogP contribution in [0.15, 0.2) is 36.5 Å². The van der Waals surface area contributed by atoms with Crippen molar-refractivity contribution in [3.8, 4) is 0 Å². The summed E-state index contributed by atoms with van der Waals surface area (Å²) in [5, 5.41) is 0. The SMILES string of the molecule is CN(c1nccc(C(F)(F)F)n1)C1CCN(Cc2cccc(F)c2)C1. The van der Waals surface area contributed by atoms with Crippen molar-refractivity contribution in [1.29, 1.82) is 0 Å². The zero-order chi connectivity index (χ0) is 18.0. The Hall–Kier alpha value is -2.22. The molecule has 1 aromatic carbocycles. The smallest absolute Gasteiger partial charge is 0.340 e. The zero-order valence-corrected chi connectivity index (χ0v) is 13.7. The summed E-state index contributed by atoms with van der Waals surface area (Å²) < 4.78 is 51.7. The molecule has 134 valence electrons. The third kappa shape index (κ3) is 4.25. The Kier molecular flexibility index (Phi) is 4.89. The maximum Gasteiger partial charge on any atom is 0.433 e. The fourth-order valence-electron chi connectivity index (χ4n) is 3.00. The van der Waals surface area contributed by atoms with Gasteiger partial charge in [0.1, 0.15) is 11.5 Å². The normalized spacial score (nSPS) is 18.5. The summed E-state index contributed by atoms with van der Waals surface area (Å²) >= 11 is 0. The fourth-order valence-corrected chi connectivity index (χ4v) is 3.00. The van der Waals surface area contributed by atoms with Crippen LogP contribution in [0.3, 0.4) is 0 Å². The molecule has 2 heterocycles. The van der Waals surface area contributed by atoms with E-state index in [2.05, 4.69) is 14.9 Å². The number of likely N-dealkylation sites (N-methyl/N-ethyl adjacent to an activating group) is 1. The lowest BCUT2D eigenvalue weighted by Crippen LogP contribution is -2.35. The predicted molar refractivity (Wildman–Crippen MR) is 85.5 cm³/mol. The van der Waals surface area contributed by atoms with Gasteiger partial charge in [-0.2, -0.15) is 13.2 Å². The van der Waals surface area contributed by atoms with Crippen molar-refractivity contribution in [2.24, 2.45) is 0 Å². The Bertz CT molecular complexity index is 735. The van der Waals surface area contributed by atoms with Crippen LogP contribution in [0, 0.1) is 5.82 Å². The first-order valence-corrected chi connectivity index (χ1v) is 7.93. The largest absolute Gasteiger partial charge is 0.433 e. The van der Waals surface area contributed by atoms with Gasteiger partial charge in [0, 0.05) is 38.9 Å². The van der Waals surface area contributed by atoms with Crippen LogP contribution >= 0.6 is 0 Å². The van der Waals surface area contributed by atoms with Crippen LogP contribution < -0.4 is 4.90 Å². The van der Waals surface area contributed by atoms with E-state index in [0.717, 1.165) is 30.8 Å². The van der Waals surface area contributed by atoms with Gasteiger partial charge in [-0.3, -0.25) is 4.90 Å². The molecule has 4 nitrogen and oxygen atoms in total. The summed E-state index contributed by atoms with van der Waals surface area (Å²) in [5.74, 6) is -0.213. The average Bonchev–Trinajstić information content (AvgIpc) is 3.02. The van der Waals surface area contributed by atoms with E-state index >= 15 is 0 Å². The quantitative estimate of drug-likeness (QED) is 0.789. The number of hydrogen-bond donors (Lipinski definition) is 0. The molecule has 8 heteroatoms. The van der Waals surface area contributed by atoms with Crippen molar-refractivity contribution in [3.05, 3.63) is 53.6 Å². The Morgan fingerprint density at radius 3 is 2.80 bits per heavy atom. The summed E-state index contributed by atoms with van der Waals surface area (Å²) in [5.41, 5.74) is -0.0717. The van der Waals surface area contributed by atoms with E-state index in [1.165, 1.54) is 12.1 Å². The van der Waals surface area contributed by atoms with E-state index in [1.54, 1.807) is 18.0 Å². The Morgan fingerprint density at radius 1 is 1.28 bits per heavy atom. The summed E-state index contributed by atoms with van der Waals surface area (Å²) in [4.78, 5) is 11.4. The van der Waals surface area contributed by atoms with E-state index in [-0.39, 0.29) is 17.8 Å². The lowest BCUT2D eigenvalue weighted by molar-refractivity contribution is -0.141. The van der Waals surface area contributed by atoms with Gasteiger partial charge in [-0.1, -0.05) is 12.1 Å². The number of rotatable bonds is 4. The molecule has 1 aliphatic rings. The van der Waals surface area contributed by atoms with Crippen molar-refractivity contribution in [3.63, 3.8) is 0 Å². The molecule has 0 radical (unpaired) electrons. The monoisotopic (exact) mass is 354 g/mol. The van der Waals surface area contributed by atoms with E-state index in [4.69, 9.17) is 0 Å². The molecule has 1 atom stereocenters. The zero-order valence-electron chi connectivity index (χ0n) is 13.7. The first-order chi connectivity index (χ1) is 11.8. The van der Waals surface area contributed by atoms with Gasteiger partial charge in [0.05, 0.1) is 0 Å². The van der Waals surface area contributed by atoms with Gasteiger partial charge in [0.2, 0.25) is 5.95 Å². The van der Waals surface area contributed by atoms with Crippen molar-refractivity contribution >= 4 is 5.95 Å². The topological polar surface area (TPSA) is 32.3 Å². The molecule has 3 rings (SSSR count). The van der Waals surface area contributed by atoms with Gasteiger partial charge < -0.3 is 4.90 Å². The molecule has 0 saturated carbocycles. The number of anilines is 1. The molecule has 0 aliphatic carbocycles. The maximum absolute atomic E-state index is 13.3. The molecule has 1 aromatic heterocycles. The molecule has 2 aromatic rings. The minimum absolute atomic E-state index is 0.0112. The molecule has 1 unspecified atom stereocenters. The van der Waals surface area contributed by atoms with Crippen LogP contribution in [0.5, 0.6) is 0 Å². The molecule has 0 spiro atoms. The molecule has 1 saturated heterocycles. The van der Waals surface area contributed by atoms with E-state index < -0.39 is 11.9 Å². The first-order valence-electron chi connectivity index (χ1n) is 7.93. The third-order valence-corrected chi connectivity index (χ3v) is 4.34. The van der Waals surface area contributed by atoms with E-state index in [0.29, 0.717) is 13.1 Å². The number of alkyl halides is 3. The third-order valence-electron chi connectivity index (χ3n) is 4.34. The molecule has 1 aliphatic heterocycles. The van der Waals surface area contributed by atoms with Gasteiger partial charge in [0.25, 0.3) is 0 Å². The predicted octanol–water partition coefficient (Wildman–Crippen LogP) is 3.35. The lowest BCUT2D eigenvalue weighted by atomic mass is 10.2. The van der Waals surface area contributed by atoms with E-state index in [9.17, 15) is 17.6 Å². The standard InChI is InChI=1S/C17H18F4N4/c1-24(16-22-7-5-15(23-16)17(19,20)21)14-6-8-25(11-14)10-12-3-2-4-13(18)9-12/h2-5,7,9,14H,6,8,10-11H2,1H3. The number of nitrogens with zero attached hydrogens (tertiary/aromatic N) is 4. The van der Waals surface area contributed by atoms with Crippen LogP contribution in [-0.2, 0) is 12.7 Å². The second kappa shape index (κ2) is 6.95. The van der Waals surface area contributed by atoms with Crippen molar-refractivity contribution in [2.45, 2.75) is 25.2 Å². The molecule has 0 amide bonds. The highest BCUT2D eigenvalue weighted by atomic mass is 19.4. The Labute approximate surface area is 143 Å². The number of hydrogen-bond acceptors (Lipinski definition) is 4. The van der Waals surface area contributed by atoms with Crippen molar-refractivity contribution < 1.29 is 17.6 Å². The summed E-state index contributed by atoms with van der Waals surface area (Å²) in [6.07, 6.45) is -2.58. The van der Waals surface area contributed by atoms with Gasteiger partial charge >= 0.3 is 6.18 Å². The molecular formula is C17H18F4N4. The molecule has 0 N–H and O–H groups in total. The van der Waals surface area contributed by atoms with Crippen LogP contribution in [-0.4, -0.2) is 41.0 Å². The van der Waals surface area contributed by atoms with Crippen LogP contribution in [0.1, 0.15) is 17.7 Å². The highest BCUT2D eigenvalue weighted by Crippen LogP contribution is 2.29. The molecule has 0 bridgehead atoms. The van der Waals surface area contributed by atoms with Crippen molar-refractivity contribution in [2.75, 3.05) is 25.0 Å². The fraction of sp³-hybridized carbons (Fsp3) is 0.412. The van der Waals surface area contributed by atoms with Crippen LogP contribution in [0.2, 0.25) is 0 Å². The van der Waals surface area contributed by atoms with Crippen molar-refractivity contribution in [1.82, 2.24) is 14.9 Å². The van der Waals surface area contributed by atoms with E-state index in [1.807, 2.05) is 6.07 Å². The van der Waals surface area contributed by atoms with Crippen LogP contribution in [0.4, 0.5) is 23.5 Å². The minimum atomic E-state index is -4.49. The van der Waals surface area contributed by atoms with Crippen LogP contribution in [0.25, 0.3) is 0 Å². The second-order valence-corrected chi connectivity index (χ2v) is 6.16. The van der Waals surface area contributed by atoms with Gasteiger partial charge in [-0.25, -0.2) is 14.4 Å². The highest BCUT2D eigenvalue weighted by Gasteiger charge is 2.34. The highest BCUT2D eigenvalue weighted by molar-refractivity contribution is 5.32. The second-order valence-electron chi connectivity index (χ2n) is 6.16. The average molecular weight is 354 g/mol. The number of benzene rings is 1. The Balaban J connectivity index is 1.65.